The molecular weight excluding hydrogens is 433 g/mol. The van der Waals surface area contributed by atoms with E-state index in [4.69, 9.17) is 27.1 Å². The third-order valence-corrected chi connectivity index (χ3v) is 5.94. The fourth-order valence-electron chi connectivity index (χ4n) is 3.88. The van der Waals surface area contributed by atoms with Crippen molar-refractivity contribution < 1.29 is 13.9 Å². The van der Waals surface area contributed by atoms with Crippen molar-refractivity contribution in [2.24, 2.45) is 5.92 Å². The van der Waals surface area contributed by atoms with Crippen LogP contribution < -0.4 is 15.8 Å². The number of imidazole rings is 1. The molecule has 0 aliphatic heterocycles. The van der Waals surface area contributed by atoms with Gasteiger partial charge in [-0.1, -0.05) is 18.5 Å². The Labute approximate surface area is 191 Å². The van der Waals surface area contributed by atoms with E-state index in [2.05, 4.69) is 10.3 Å². The summed E-state index contributed by atoms with van der Waals surface area (Å²) in [6, 6.07) is 1.51. The van der Waals surface area contributed by atoms with E-state index in [0.717, 1.165) is 18.5 Å². The van der Waals surface area contributed by atoms with Gasteiger partial charge in [0, 0.05) is 30.4 Å². The fourth-order valence-corrected chi connectivity index (χ4v) is 4.09. The number of nitrogen functional groups attached to an aromatic ring is 1. The van der Waals surface area contributed by atoms with Crippen molar-refractivity contribution in [1.29, 1.82) is 0 Å². The lowest BCUT2D eigenvalue weighted by atomic mass is 9.95. The molecule has 2 heterocycles. The topological polar surface area (TPSA) is 94.5 Å². The minimum absolute atomic E-state index is 0.140. The van der Waals surface area contributed by atoms with Gasteiger partial charge >= 0.3 is 0 Å². The molecule has 1 saturated carbocycles. The number of hydrogen-bond donors (Lipinski definition) is 2. The zero-order valence-corrected chi connectivity index (χ0v) is 19.3. The minimum atomic E-state index is -0.788. The summed E-state index contributed by atoms with van der Waals surface area (Å²) in [4.78, 5) is 21.8. The van der Waals surface area contributed by atoms with Crippen molar-refractivity contribution in [2.45, 2.75) is 52.6 Å². The third-order valence-electron chi connectivity index (χ3n) is 5.67. The number of benzene rings is 1. The largest absolute Gasteiger partial charge is 0.490 e. The van der Waals surface area contributed by atoms with E-state index in [1.807, 2.05) is 32.1 Å². The van der Waals surface area contributed by atoms with Crippen LogP contribution in [0.2, 0.25) is 5.02 Å². The summed E-state index contributed by atoms with van der Waals surface area (Å²) in [6.07, 6.45) is 5.23. The van der Waals surface area contributed by atoms with Gasteiger partial charge in [0.2, 0.25) is 0 Å². The van der Waals surface area contributed by atoms with Crippen LogP contribution in [0.5, 0.6) is 5.75 Å². The van der Waals surface area contributed by atoms with E-state index in [1.165, 1.54) is 6.07 Å². The van der Waals surface area contributed by atoms with Crippen LogP contribution in [0.4, 0.5) is 10.2 Å². The molecule has 9 heteroatoms. The van der Waals surface area contributed by atoms with Gasteiger partial charge < -0.3 is 15.8 Å². The molecule has 0 bridgehead atoms. The Morgan fingerprint density at radius 1 is 1.41 bits per heavy atom. The molecule has 1 aliphatic rings. The second-order valence-corrected chi connectivity index (χ2v) is 9.00. The van der Waals surface area contributed by atoms with E-state index in [0.29, 0.717) is 35.2 Å². The number of fused-ring (bicyclic) bond motifs is 1. The molecule has 4 rings (SSSR count). The van der Waals surface area contributed by atoms with E-state index >= 15 is 4.39 Å². The molecule has 3 N–H and O–H groups in total. The molecule has 3 aromatic rings. The third kappa shape index (κ3) is 4.11. The minimum Gasteiger partial charge on any atom is -0.490 e. The number of ether oxygens (including phenoxy) is 1. The van der Waals surface area contributed by atoms with Crippen molar-refractivity contribution in [1.82, 2.24) is 19.7 Å². The number of aryl methyl sites for hydroxylation is 1. The van der Waals surface area contributed by atoms with Gasteiger partial charge in [-0.25, -0.2) is 14.4 Å². The van der Waals surface area contributed by atoms with Gasteiger partial charge in [-0.3, -0.25) is 9.20 Å². The van der Waals surface area contributed by atoms with Crippen molar-refractivity contribution >= 4 is 28.8 Å². The highest BCUT2D eigenvalue weighted by Crippen LogP contribution is 2.40. The maximum absolute atomic E-state index is 15.1. The number of nitrogens with zero attached hydrogens (tertiary/aromatic N) is 3. The normalized spacial score (nSPS) is 14.7. The van der Waals surface area contributed by atoms with E-state index in [1.54, 1.807) is 12.4 Å². The zero-order chi connectivity index (χ0) is 23.2. The van der Waals surface area contributed by atoms with Gasteiger partial charge in [0.1, 0.15) is 28.5 Å². The van der Waals surface area contributed by atoms with E-state index in [9.17, 15) is 4.79 Å². The average molecular weight is 460 g/mol. The van der Waals surface area contributed by atoms with Gasteiger partial charge in [-0.2, -0.15) is 0 Å². The number of amides is 1. The molecule has 1 aliphatic carbocycles. The van der Waals surface area contributed by atoms with Crippen molar-refractivity contribution in [3.63, 3.8) is 0 Å². The van der Waals surface area contributed by atoms with Crippen LogP contribution in [-0.4, -0.2) is 32.9 Å². The summed E-state index contributed by atoms with van der Waals surface area (Å²) in [5.74, 6) is -0.0341. The lowest BCUT2D eigenvalue weighted by Crippen LogP contribution is -2.28. The molecule has 0 radical (unpaired) electrons. The quantitative estimate of drug-likeness (QED) is 0.542. The predicted octanol–water partition coefficient (Wildman–Crippen LogP) is 4.49. The fraction of sp³-hybridized carbons (Fsp3) is 0.435. The van der Waals surface area contributed by atoms with Crippen molar-refractivity contribution in [3.05, 3.63) is 51.9 Å². The highest BCUT2D eigenvalue weighted by atomic mass is 35.5. The number of hydrogen-bond acceptors (Lipinski definition) is 5. The Morgan fingerprint density at radius 3 is 2.78 bits per heavy atom. The SMILES string of the molecule is Cc1nc([C@@H](C)c2cc(Cl)c(F)c(C(=O)NCC3CC3)c2OC(C)C)n2ccnc(N)c12. The number of carbonyl (C=O) groups excluding carboxylic acids is 1. The molecule has 0 unspecified atom stereocenters. The summed E-state index contributed by atoms with van der Waals surface area (Å²) in [7, 11) is 0. The van der Waals surface area contributed by atoms with Gasteiger partial charge in [0.15, 0.2) is 5.82 Å². The summed E-state index contributed by atoms with van der Waals surface area (Å²) < 4.78 is 23.0. The Balaban J connectivity index is 1.86. The molecule has 0 spiro atoms. The molecular formula is C23H27ClFN5O2. The summed E-state index contributed by atoms with van der Waals surface area (Å²) in [5, 5.41) is 2.69. The van der Waals surface area contributed by atoms with Gasteiger partial charge in [-0.15, -0.1) is 0 Å². The maximum Gasteiger partial charge on any atom is 0.258 e. The molecule has 0 saturated heterocycles. The van der Waals surface area contributed by atoms with Crippen LogP contribution in [0.15, 0.2) is 18.5 Å². The lowest BCUT2D eigenvalue weighted by Gasteiger charge is -2.22. The summed E-state index contributed by atoms with van der Waals surface area (Å²) >= 11 is 6.26. The van der Waals surface area contributed by atoms with Crippen LogP contribution in [0, 0.1) is 18.7 Å². The first kappa shape index (κ1) is 22.3. The number of rotatable bonds is 7. The van der Waals surface area contributed by atoms with Gasteiger partial charge in [-0.05, 0) is 45.6 Å². The first-order valence-corrected chi connectivity index (χ1v) is 11.1. The summed E-state index contributed by atoms with van der Waals surface area (Å²) in [6.45, 7) is 7.92. The highest BCUT2D eigenvalue weighted by Gasteiger charge is 2.31. The Bertz CT molecular complexity index is 1190. The molecule has 1 atom stereocenters. The van der Waals surface area contributed by atoms with Crippen LogP contribution in [0.1, 0.15) is 67.0 Å². The van der Waals surface area contributed by atoms with Gasteiger partial charge in [0.25, 0.3) is 5.91 Å². The molecule has 2 aromatic heterocycles. The Hall–Kier alpha value is -2.87. The second-order valence-electron chi connectivity index (χ2n) is 8.59. The summed E-state index contributed by atoms with van der Waals surface area (Å²) in [5.41, 5.74) is 7.88. The van der Waals surface area contributed by atoms with Crippen LogP contribution >= 0.6 is 11.6 Å². The van der Waals surface area contributed by atoms with Gasteiger partial charge in [0.05, 0.1) is 16.8 Å². The number of nitrogens with two attached hydrogens (primary N) is 1. The smallest absolute Gasteiger partial charge is 0.258 e. The van der Waals surface area contributed by atoms with Crippen molar-refractivity contribution in [3.8, 4) is 5.75 Å². The first-order chi connectivity index (χ1) is 15.2. The lowest BCUT2D eigenvalue weighted by molar-refractivity contribution is 0.0941. The predicted molar refractivity (Wildman–Crippen MR) is 122 cm³/mol. The molecule has 32 heavy (non-hydrogen) atoms. The number of aromatic nitrogens is 3. The monoisotopic (exact) mass is 459 g/mol. The molecule has 1 aromatic carbocycles. The van der Waals surface area contributed by atoms with Crippen LogP contribution in [0.3, 0.4) is 0 Å². The number of nitrogens with one attached hydrogen (secondary N) is 1. The highest BCUT2D eigenvalue weighted by molar-refractivity contribution is 6.31. The molecule has 7 nitrogen and oxygen atoms in total. The first-order valence-electron chi connectivity index (χ1n) is 10.7. The average Bonchev–Trinajstić information content (AvgIpc) is 3.50. The van der Waals surface area contributed by atoms with Crippen molar-refractivity contribution in [2.75, 3.05) is 12.3 Å². The van der Waals surface area contributed by atoms with Crippen LogP contribution in [0.25, 0.3) is 5.52 Å². The Kier molecular flexibility index (Phi) is 5.99. The van der Waals surface area contributed by atoms with E-state index in [-0.39, 0.29) is 28.4 Å². The Morgan fingerprint density at radius 2 is 2.12 bits per heavy atom. The number of carbonyl (C=O) groups is 1. The number of anilines is 1. The maximum atomic E-state index is 15.1. The second kappa shape index (κ2) is 8.58. The standard InChI is InChI=1S/C23H27ClFN5O2/c1-11(2)32-20-15(9-16(24)18(25)17(20)23(31)28-10-14-5-6-14)12(3)22-29-13(4)19-21(26)27-7-8-30(19)22/h7-9,11-12,14H,5-6,10H2,1-4H3,(H2,26,27)(H,28,31)/t12-/m0/s1. The molecule has 170 valence electrons. The molecule has 1 fully saturated rings. The molecule has 1 amide bonds. The van der Waals surface area contributed by atoms with Crippen LogP contribution in [-0.2, 0) is 0 Å². The van der Waals surface area contributed by atoms with E-state index < -0.39 is 11.7 Å². The zero-order valence-electron chi connectivity index (χ0n) is 18.6. The number of halogens is 2.